The molecule has 0 amide bonds. The third kappa shape index (κ3) is 3.42. The van der Waals surface area contributed by atoms with Crippen LogP contribution in [-0.2, 0) is 4.74 Å². The number of hydrogen-bond donors (Lipinski definition) is 0. The van der Waals surface area contributed by atoms with Crippen molar-refractivity contribution in [1.82, 2.24) is 0 Å². The number of ether oxygens (including phenoxy) is 1. The van der Waals surface area contributed by atoms with Gasteiger partial charge in [0.2, 0.25) is 0 Å². The zero-order chi connectivity index (χ0) is 12.8. The van der Waals surface area contributed by atoms with Gasteiger partial charge in [-0.3, -0.25) is 0 Å². The molecular weight excluding hydrogens is 227 g/mol. The minimum Gasteiger partial charge on any atom is -0.384 e. The highest BCUT2D eigenvalue weighted by Gasteiger charge is 2.21. The Morgan fingerprint density at radius 1 is 1.17 bits per heavy atom. The van der Waals surface area contributed by atoms with Gasteiger partial charge in [-0.15, -0.1) is 0 Å². The van der Waals surface area contributed by atoms with Crippen LogP contribution in [0.4, 0.5) is 4.39 Å². The number of methoxy groups -OCH3 is 1. The Bertz CT molecular complexity index is 375. The van der Waals surface area contributed by atoms with Crippen molar-refractivity contribution in [3.8, 4) is 0 Å². The van der Waals surface area contributed by atoms with Gasteiger partial charge in [0, 0.05) is 13.7 Å². The molecule has 0 spiro atoms. The monoisotopic (exact) mass is 248 g/mol. The third-order valence-electron chi connectivity index (χ3n) is 3.91. The van der Waals surface area contributed by atoms with Gasteiger partial charge in [0.05, 0.1) is 6.33 Å². The van der Waals surface area contributed by atoms with Crippen molar-refractivity contribution in [3.63, 3.8) is 0 Å². The van der Waals surface area contributed by atoms with Crippen molar-refractivity contribution in [1.29, 1.82) is 0 Å². The van der Waals surface area contributed by atoms with Gasteiger partial charge >= 0.3 is 0 Å². The predicted octanol–water partition coefficient (Wildman–Crippen LogP) is 4.55. The van der Waals surface area contributed by atoms with Gasteiger partial charge in [0.25, 0.3) is 0 Å². The van der Waals surface area contributed by atoms with Gasteiger partial charge in [-0.05, 0) is 54.7 Å². The largest absolute Gasteiger partial charge is 0.384 e. The fourth-order valence-electron chi connectivity index (χ4n) is 2.85. The molecule has 98 valence electrons. The van der Waals surface area contributed by atoms with Crippen molar-refractivity contribution in [2.45, 2.75) is 31.6 Å². The van der Waals surface area contributed by atoms with Crippen LogP contribution in [0.2, 0.25) is 0 Å². The smallest absolute Gasteiger partial charge is 0.0872 e. The molecule has 0 heterocycles. The summed E-state index contributed by atoms with van der Waals surface area (Å²) in [5, 5.41) is 0. The first-order chi connectivity index (χ1) is 8.83. The molecule has 1 aliphatic carbocycles. The molecule has 1 saturated carbocycles. The van der Waals surface area contributed by atoms with E-state index in [1.807, 2.05) is 12.1 Å². The Kier molecular flexibility index (Phi) is 4.94. The molecule has 1 nitrogen and oxygen atoms in total. The average molecular weight is 248 g/mol. The molecule has 1 fully saturated rings. The van der Waals surface area contributed by atoms with Crippen LogP contribution in [0.5, 0.6) is 0 Å². The molecule has 0 atom stereocenters. The van der Waals surface area contributed by atoms with Crippen LogP contribution in [0.15, 0.2) is 30.6 Å². The highest BCUT2D eigenvalue weighted by Crippen LogP contribution is 2.35. The van der Waals surface area contributed by atoms with Crippen molar-refractivity contribution >= 4 is 6.08 Å². The molecule has 0 bridgehead atoms. The van der Waals surface area contributed by atoms with Crippen molar-refractivity contribution in [2.24, 2.45) is 5.92 Å². The van der Waals surface area contributed by atoms with Crippen LogP contribution in [0.3, 0.4) is 0 Å². The van der Waals surface area contributed by atoms with Gasteiger partial charge in [-0.2, -0.15) is 0 Å². The summed E-state index contributed by atoms with van der Waals surface area (Å²) in [5.41, 5.74) is 2.32. The van der Waals surface area contributed by atoms with E-state index in [1.54, 1.807) is 7.11 Å². The van der Waals surface area contributed by atoms with Gasteiger partial charge < -0.3 is 4.74 Å². The second-order valence-electron chi connectivity index (χ2n) is 5.13. The lowest BCUT2D eigenvalue weighted by Crippen LogP contribution is -2.17. The summed E-state index contributed by atoms with van der Waals surface area (Å²) < 4.78 is 17.3. The first-order valence-corrected chi connectivity index (χ1v) is 6.69. The molecule has 0 aromatic heterocycles. The van der Waals surface area contributed by atoms with Gasteiger partial charge in [-0.1, -0.05) is 24.3 Å². The van der Waals surface area contributed by atoms with E-state index >= 15 is 0 Å². The van der Waals surface area contributed by atoms with E-state index in [0.29, 0.717) is 12.2 Å². The topological polar surface area (TPSA) is 9.23 Å². The maximum Gasteiger partial charge on any atom is 0.0872 e. The van der Waals surface area contributed by atoms with Crippen molar-refractivity contribution in [3.05, 3.63) is 41.7 Å². The Morgan fingerprint density at radius 3 is 2.39 bits per heavy atom. The lowest BCUT2D eigenvalue weighted by atomic mass is 9.79. The summed E-state index contributed by atoms with van der Waals surface area (Å²) in [5.74, 6) is 1.40. The van der Waals surface area contributed by atoms with E-state index in [-0.39, 0.29) is 0 Å². The molecule has 0 N–H and O–H groups in total. The maximum atomic E-state index is 12.1. The van der Waals surface area contributed by atoms with E-state index in [9.17, 15) is 4.39 Å². The molecule has 0 unspecified atom stereocenters. The molecule has 1 aliphatic rings. The predicted molar refractivity (Wildman–Crippen MR) is 73.2 cm³/mol. The summed E-state index contributed by atoms with van der Waals surface area (Å²) in [6.45, 7) is 0.896. The molecule has 2 rings (SSSR count). The lowest BCUT2D eigenvalue weighted by molar-refractivity contribution is 0.127. The van der Waals surface area contributed by atoms with E-state index in [4.69, 9.17) is 4.74 Å². The van der Waals surface area contributed by atoms with Crippen LogP contribution >= 0.6 is 0 Å². The fraction of sp³-hybridized carbons (Fsp3) is 0.500. The summed E-state index contributed by atoms with van der Waals surface area (Å²) in [6, 6.07) is 8.26. The molecule has 18 heavy (non-hydrogen) atoms. The lowest BCUT2D eigenvalue weighted by Gasteiger charge is -2.28. The summed E-state index contributed by atoms with van der Waals surface area (Å²) >= 11 is 0. The number of rotatable bonds is 4. The SMILES string of the molecule is COCC1CCC(c2ccc(C=CF)cc2)CC1. The zero-order valence-corrected chi connectivity index (χ0v) is 10.9. The molecule has 0 aliphatic heterocycles. The first kappa shape index (κ1) is 13.3. The van der Waals surface area contributed by atoms with Gasteiger partial charge in [-0.25, -0.2) is 4.39 Å². The van der Waals surface area contributed by atoms with Crippen LogP contribution in [0, 0.1) is 5.92 Å². The normalized spacial score (nSPS) is 24.6. The second kappa shape index (κ2) is 6.69. The highest BCUT2D eigenvalue weighted by atomic mass is 19.1. The average Bonchev–Trinajstić information content (AvgIpc) is 2.41. The Hall–Kier alpha value is -1.15. The highest BCUT2D eigenvalue weighted by molar-refractivity contribution is 5.48. The van der Waals surface area contributed by atoms with Gasteiger partial charge in [0.15, 0.2) is 0 Å². The fourth-order valence-corrected chi connectivity index (χ4v) is 2.85. The van der Waals surface area contributed by atoms with Gasteiger partial charge in [0.1, 0.15) is 0 Å². The number of halogens is 1. The summed E-state index contributed by atoms with van der Waals surface area (Å²) in [7, 11) is 1.78. The Balaban J connectivity index is 1.93. The van der Waals surface area contributed by atoms with E-state index in [0.717, 1.165) is 18.1 Å². The van der Waals surface area contributed by atoms with Crippen LogP contribution < -0.4 is 0 Å². The van der Waals surface area contributed by atoms with E-state index in [1.165, 1.54) is 37.3 Å². The second-order valence-corrected chi connectivity index (χ2v) is 5.13. The third-order valence-corrected chi connectivity index (χ3v) is 3.91. The quantitative estimate of drug-likeness (QED) is 0.759. The Labute approximate surface area is 109 Å². The number of hydrogen-bond acceptors (Lipinski definition) is 1. The first-order valence-electron chi connectivity index (χ1n) is 6.69. The molecule has 2 heteroatoms. The van der Waals surface area contributed by atoms with Crippen molar-refractivity contribution in [2.75, 3.05) is 13.7 Å². The molecule has 0 saturated heterocycles. The van der Waals surface area contributed by atoms with Crippen LogP contribution in [0.1, 0.15) is 42.7 Å². The minimum atomic E-state index is 0.588. The standard InChI is InChI=1S/C16H21FO/c1-18-12-14-4-8-16(9-5-14)15-6-2-13(3-7-15)10-11-17/h2-3,6-7,10-11,14,16H,4-5,8-9,12H2,1H3. The van der Waals surface area contributed by atoms with Crippen LogP contribution in [-0.4, -0.2) is 13.7 Å². The summed E-state index contributed by atoms with van der Waals surface area (Å²) in [6.07, 6.45) is 7.07. The zero-order valence-electron chi connectivity index (χ0n) is 10.9. The van der Waals surface area contributed by atoms with E-state index in [2.05, 4.69) is 12.1 Å². The van der Waals surface area contributed by atoms with Crippen molar-refractivity contribution < 1.29 is 9.13 Å². The number of benzene rings is 1. The molecule has 1 aromatic rings. The van der Waals surface area contributed by atoms with Crippen LogP contribution in [0.25, 0.3) is 6.08 Å². The molecule has 1 aromatic carbocycles. The minimum absolute atomic E-state index is 0.588. The molecule has 0 radical (unpaired) electrons. The maximum absolute atomic E-state index is 12.1. The van der Waals surface area contributed by atoms with E-state index < -0.39 is 0 Å². The Morgan fingerprint density at radius 2 is 1.83 bits per heavy atom. The summed E-state index contributed by atoms with van der Waals surface area (Å²) in [4.78, 5) is 0. The molecular formula is C16H21FO.